The molecule has 124 valence electrons. The summed E-state index contributed by atoms with van der Waals surface area (Å²) >= 11 is 1.60. The average Bonchev–Trinajstić information content (AvgIpc) is 3.22. The van der Waals surface area contributed by atoms with Crippen LogP contribution in [0.2, 0.25) is 0 Å². The molecule has 2 N–H and O–H groups in total. The fourth-order valence-electron chi connectivity index (χ4n) is 2.78. The molecule has 24 heavy (non-hydrogen) atoms. The van der Waals surface area contributed by atoms with Crippen molar-refractivity contribution in [3.63, 3.8) is 0 Å². The zero-order valence-electron chi connectivity index (χ0n) is 13.3. The number of para-hydroxylation sites is 1. The number of ether oxygens (including phenoxy) is 1. The molecule has 0 bridgehead atoms. The second-order valence-electron chi connectivity index (χ2n) is 5.78. The first-order valence-corrected chi connectivity index (χ1v) is 8.70. The molecule has 3 heterocycles. The van der Waals surface area contributed by atoms with E-state index in [4.69, 9.17) is 4.74 Å². The van der Waals surface area contributed by atoms with Crippen LogP contribution in [-0.2, 0) is 13.6 Å². The molecule has 0 amide bonds. The van der Waals surface area contributed by atoms with Crippen LogP contribution in [0.3, 0.4) is 0 Å². The van der Waals surface area contributed by atoms with Gasteiger partial charge in [-0.05, 0) is 6.07 Å². The Morgan fingerprint density at radius 2 is 2.38 bits per heavy atom. The Bertz CT molecular complexity index is 858. The number of thiazole rings is 1. The van der Waals surface area contributed by atoms with Crippen molar-refractivity contribution in [3.05, 3.63) is 47.2 Å². The molecule has 0 saturated carbocycles. The van der Waals surface area contributed by atoms with Crippen LogP contribution in [0, 0.1) is 0 Å². The number of nitrogens with one attached hydrogen (secondary N) is 1. The second kappa shape index (κ2) is 6.26. The van der Waals surface area contributed by atoms with Gasteiger partial charge in [-0.25, -0.2) is 4.98 Å². The van der Waals surface area contributed by atoms with Gasteiger partial charge in [-0.2, -0.15) is 5.10 Å². The van der Waals surface area contributed by atoms with Crippen molar-refractivity contribution in [1.82, 2.24) is 14.8 Å². The summed E-state index contributed by atoms with van der Waals surface area (Å²) in [6.45, 7) is 1.14. The third-order valence-electron chi connectivity index (χ3n) is 4.01. The molecule has 1 unspecified atom stereocenters. The summed E-state index contributed by atoms with van der Waals surface area (Å²) in [5.41, 5.74) is 3.73. The van der Waals surface area contributed by atoms with Crippen molar-refractivity contribution in [2.45, 2.75) is 19.1 Å². The number of aliphatic hydroxyl groups is 1. The lowest BCUT2D eigenvalue weighted by atomic mass is 10.0. The fraction of sp³-hybridized carbons (Fsp3) is 0.294. The Morgan fingerprint density at radius 1 is 1.46 bits per heavy atom. The van der Waals surface area contributed by atoms with Crippen LogP contribution in [-0.4, -0.2) is 26.5 Å². The van der Waals surface area contributed by atoms with E-state index in [1.807, 2.05) is 43.0 Å². The molecule has 6 nitrogen and oxygen atoms in total. The van der Waals surface area contributed by atoms with E-state index in [2.05, 4.69) is 15.4 Å². The summed E-state index contributed by atoms with van der Waals surface area (Å²) in [6, 6.07) is 5.81. The van der Waals surface area contributed by atoms with Gasteiger partial charge in [-0.15, -0.1) is 11.3 Å². The summed E-state index contributed by atoms with van der Waals surface area (Å²) in [6.07, 6.45) is 3.96. The number of aromatic nitrogens is 3. The quantitative estimate of drug-likeness (QED) is 0.763. The van der Waals surface area contributed by atoms with Crippen molar-refractivity contribution in [2.75, 3.05) is 11.9 Å². The van der Waals surface area contributed by atoms with Gasteiger partial charge in [0.05, 0.1) is 36.8 Å². The van der Waals surface area contributed by atoms with Crippen LogP contribution in [0.25, 0.3) is 10.6 Å². The standard InChI is InChI=1S/C17H18N4O2S/c1-21-9-11(7-19-21)17-20-12(10-24-17)8-18-14-4-2-3-13-15(22)5-6-23-16(13)14/h2-4,7,9-10,15,18,22H,5-6,8H2,1H3. The Labute approximate surface area is 143 Å². The number of aryl methyl sites for hydroxylation is 1. The van der Waals surface area contributed by atoms with Crippen molar-refractivity contribution < 1.29 is 9.84 Å². The number of hydrogen-bond acceptors (Lipinski definition) is 6. The monoisotopic (exact) mass is 342 g/mol. The zero-order valence-corrected chi connectivity index (χ0v) is 14.1. The number of benzene rings is 1. The van der Waals surface area contributed by atoms with Crippen LogP contribution < -0.4 is 10.1 Å². The van der Waals surface area contributed by atoms with E-state index >= 15 is 0 Å². The molecule has 0 radical (unpaired) electrons. The number of anilines is 1. The minimum Gasteiger partial charge on any atom is -0.491 e. The third-order valence-corrected chi connectivity index (χ3v) is 4.95. The van der Waals surface area contributed by atoms with Gasteiger partial charge < -0.3 is 15.2 Å². The van der Waals surface area contributed by atoms with Crippen LogP contribution >= 0.6 is 11.3 Å². The molecule has 0 fully saturated rings. The van der Waals surface area contributed by atoms with Gasteiger partial charge in [0.2, 0.25) is 0 Å². The van der Waals surface area contributed by atoms with Crippen molar-refractivity contribution in [1.29, 1.82) is 0 Å². The van der Waals surface area contributed by atoms with Gasteiger partial charge in [0.15, 0.2) is 0 Å². The lowest BCUT2D eigenvalue weighted by molar-refractivity contribution is 0.116. The summed E-state index contributed by atoms with van der Waals surface area (Å²) < 4.78 is 7.51. The maximum absolute atomic E-state index is 10.1. The van der Waals surface area contributed by atoms with Gasteiger partial charge >= 0.3 is 0 Å². The highest BCUT2D eigenvalue weighted by atomic mass is 32.1. The first-order chi connectivity index (χ1) is 11.7. The minimum absolute atomic E-state index is 0.452. The van der Waals surface area contributed by atoms with Crippen LogP contribution in [0.15, 0.2) is 36.0 Å². The van der Waals surface area contributed by atoms with Crippen molar-refractivity contribution >= 4 is 17.0 Å². The Balaban J connectivity index is 1.50. The highest BCUT2D eigenvalue weighted by molar-refractivity contribution is 7.13. The largest absolute Gasteiger partial charge is 0.491 e. The van der Waals surface area contributed by atoms with Crippen LogP contribution in [0.1, 0.15) is 23.8 Å². The van der Waals surface area contributed by atoms with Gasteiger partial charge in [-0.3, -0.25) is 4.68 Å². The van der Waals surface area contributed by atoms with E-state index in [9.17, 15) is 5.11 Å². The Kier molecular flexibility index (Phi) is 3.95. The molecule has 0 aliphatic carbocycles. The predicted octanol–water partition coefficient (Wildman–Crippen LogP) is 2.97. The predicted molar refractivity (Wildman–Crippen MR) is 93.2 cm³/mol. The van der Waals surface area contributed by atoms with Gasteiger partial charge in [0, 0.05) is 36.2 Å². The molecular weight excluding hydrogens is 324 g/mol. The van der Waals surface area contributed by atoms with Gasteiger partial charge in [-0.1, -0.05) is 12.1 Å². The lowest BCUT2D eigenvalue weighted by Crippen LogP contribution is -2.15. The molecule has 2 aromatic heterocycles. The average molecular weight is 342 g/mol. The first kappa shape index (κ1) is 15.2. The van der Waals surface area contributed by atoms with E-state index in [1.165, 1.54) is 0 Å². The van der Waals surface area contributed by atoms with Crippen LogP contribution in [0.4, 0.5) is 5.69 Å². The van der Waals surface area contributed by atoms with Gasteiger partial charge in [0.1, 0.15) is 10.8 Å². The number of aliphatic hydroxyl groups excluding tert-OH is 1. The number of hydrogen-bond donors (Lipinski definition) is 2. The molecular formula is C17H18N4O2S. The van der Waals surface area contributed by atoms with E-state index < -0.39 is 6.10 Å². The molecule has 0 saturated heterocycles. The third kappa shape index (κ3) is 2.88. The summed E-state index contributed by atoms with van der Waals surface area (Å²) in [4.78, 5) is 4.65. The van der Waals surface area contributed by atoms with Crippen molar-refractivity contribution in [2.24, 2.45) is 7.05 Å². The molecule has 0 spiro atoms. The molecule has 1 aliphatic heterocycles. The number of fused-ring (bicyclic) bond motifs is 1. The Morgan fingerprint density at radius 3 is 3.21 bits per heavy atom. The van der Waals surface area contributed by atoms with E-state index in [0.717, 1.165) is 33.3 Å². The molecule has 1 atom stereocenters. The SMILES string of the molecule is Cn1cc(-c2nc(CNc3cccc4c3OCCC4O)cs2)cn1. The minimum atomic E-state index is -0.452. The molecule has 4 rings (SSSR count). The maximum Gasteiger partial charge on any atom is 0.148 e. The Hall–Kier alpha value is -2.38. The number of nitrogens with zero attached hydrogens (tertiary/aromatic N) is 3. The fourth-order valence-corrected chi connectivity index (χ4v) is 3.58. The molecule has 7 heteroatoms. The molecule has 1 aliphatic rings. The summed E-state index contributed by atoms with van der Waals surface area (Å²) in [5.74, 6) is 0.749. The first-order valence-electron chi connectivity index (χ1n) is 7.82. The van der Waals surface area contributed by atoms with E-state index in [-0.39, 0.29) is 0 Å². The summed E-state index contributed by atoms with van der Waals surface area (Å²) in [7, 11) is 1.90. The van der Waals surface area contributed by atoms with Crippen LogP contribution in [0.5, 0.6) is 5.75 Å². The smallest absolute Gasteiger partial charge is 0.148 e. The second-order valence-corrected chi connectivity index (χ2v) is 6.64. The molecule has 3 aromatic rings. The number of rotatable bonds is 4. The zero-order chi connectivity index (χ0) is 16.5. The van der Waals surface area contributed by atoms with Gasteiger partial charge in [0.25, 0.3) is 0 Å². The topological polar surface area (TPSA) is 72.2 Å². The van der Waals surface area contributed by atoms with Crippen molar-refractivity contribution in [3.8, 4) is 16.3 Å². The molecule has 1 aromatic carbocycles. The highest BCUT2D eigenvalue weighted by Crippen LogP contribution is 2.38. The van der Waals surface area contributed by atoms with E-state index in [1.54, 1.807) is 16.0 Å². The normalized spacial score (nSPS) is 16.5. The highest BCUT2D eigenvalue weighted by Gasteiger charge is 2.21. The summed E-state index contributed by atoms with van der Waals surface area (Å²) in [5, 5.41) is 20.6. The lowest BCUT2D eigenvalue weighted by Gasteiger charge is -2.24. The van der Waals surface area contributed by atoms with E-state index in [0.29, 0.717) is 19.6 Å². The maximum atomic E-state index is 10.1.